The first-order chi connectivity index (χ1) is 27.2. The van der Waals surface area contributed by atoms with E-state index in [0.29, 0.717) is 12.7 Å². The Bertz CT molecular complexity index is 1390. The highest BCUT2D eigenvalue weighted by Crippen LogP contribution is 2.38. The Morgan fingerprint density at radius 3 is 2.31 bits per heavy atom. The number of hydrogen-bond donors (Lipinski definition) is 3. The van der Waals surface area contributed by atoms with Gasteiger partial charge in [0.25, 0.3) is 0 Å². The molecule has 0 spiro atoms. The zero-order chi connectivity index (χ0) is 43.5. The number of carbonyl (C=O) groups is 4. The number of hydrogen-bond acceptors (Lipinski definition) is 16. The predicted octanol–water partition coefficient (Wildman–Crippen LogP) is 3.01. The van der Waals surface area contributed by atoms with Crippen molar-refractivity contribution in [3.8, 4) is 0 Å². The van der Waals surface area contributed by atoms with Crippen LogP contribution < -0.4 is 0 Å². The minimum atomic E-state index is -1.40. The van der Waals surface area contributed by atoms with E-state index < -0.39 is 121 Å². The Balaban J connectivity index is 2.01. The van der Waals surface area contributed by atoms with Crippen LogP contribution in [0, 0.1) is 17.8 Å². The van der Waals surface area contributed by atoms with E-state index in [1.54, 1.807) is 71.0 Å². The van der Waals surface area contributed by atoms with Crippen LogP contribution in [0.25, 0.3) is 0 Å². The molecule has 2 fully saturated rings. The van der Waals surface area contributed by atoms with Crippen LogP contribution >= 0.6 is 0 Å². The molecule has 3 rings (SSSR count). The molecule has 0 radical (unpaired) electrons. The summed E-state index contributed by atoms with van der Waals surface area (Å²) in [6.45, 7) is 13.6. The third-order valence-electron chi connectivity index (χ3n) is 11.0. The van der Waals surface area contributed by atoms with Gasteiger partial charge in [0.2, 0.25) is 0 Å². The number of esters is 3. The van der Waals surface area contributed by atoms with Crippen molar-refractivity contribution >= 4 is 24.2 Å². The van der Waals surface area contributed by atoms with Gasteiger partial charge in [-0.15, -0.1) is 0 Å². The summed E-state index contributed by atoms with van der Waals surface area (Å²) >= 11 is 0. The summed E-state index contributed by atoms with van der Waals surface area (Å²) in [4.78, 5) is 52.5. The van der Waals surface area contributed by atoms with E-state index in [1.807, 2.05) is 20.8 Å². The fraction of sp³-hybridized carbons (Fsp3) is 0.810. The van der Waals surface area contributed by atoms with E-state index in [0.717, 1.165) is 0 Å². The first-order valence-electron chi connectivity index (χ1n) is 20.4. The van der Waals surface area contributed by atoms with Crippen molar-refractivity contribution in [1.82, 2.24) is 4.90 Å². The second-order valence-electron chi connectivity index (χ2n) is 16.9. The molecule has 0 aromatic heterocycles. The monoisotopic (exact) mass is 827 g/mol. The molecule has 0 unspecified atom stereocenters. The van der Waals surface area contributed by atoms with Crippen molar-refractivity contribution in [2.45, 2.75) is 179 Å². The number of methoxy groups -OCH3 is 1. The number of ether oxygens (including phenoxy) is 8. The van der Waals surface area contributed by atoms with E-state index >= 15 is 0 Å². The van der Waals surface area contributed by atoms with E-state index in [9.17, 15) is 34.5 Å². The molecule has 3 aliphatic heterocycles. The molecule has 0 aliphatic carbocycles. The van der Waals surface area contributed by atoms with Gasteiger partial charge in [0.15, 0.2) is 12.6 Å². The van der Waals surface area contributed by atoms with Gasteiger partial charge >= 0.3 is 17.9 Å². The van der Waals surface area contributed by atoms with Gasteiger partial charge in [-0.1, -0.05) is 45.1 Å². The molecule has 3 heterocycles. The summed E-state index contributed by atoms with van der Waals surface area (Å²) in [5.74, 6) is -2.86. The third kappa shape index (κ3) is 13.9. The average Bonchev–Trinajstić information content (AvgIpc) is 3.10. The largest absolute Gasteiger partial charge is 0.462 e. The summed E-state index contributed by atoms with van der Waals surface area (Å²) < 4.78 is 48.7. The van der Waals surface area contributed by atoms with Crippen molar-refractivity contribution in [2.24, 2.45) is 17.8 Å². The molecule has 332 valence electrons. The molecule has 3 aliphatic rings. The van der Waals surface area contributed by atoms with Crippen LogP contribution in [-0.2, 0) is 57.1 Å². The molecular weight excluding hydrogens is 758 g/mol. The summed E-state index contributed by atoms with van der Waals surface area (Å²) in [5, 5.41) is 34.2. The lowest BCUT2D eigenvalue weighted by Crippen LogP contribution is -2.66. The molecule has 2 saturated heterocycles. The third-order valence-corrected chi connectivity index (χ3v) is 11.0. The maximum absolute atomic E-state index is 13.3. The Morgan fingerprint density at radius 1 is 1.02 bits per heavy atom. The minimum absolute atomic E-state index is 0.000956. The van der Waals surface area contributed by atoms with Gasteiger partial charge in [-0.2, -0.15) is 0 Å². The molecule has 0 saturated carbocycles. The van der Waals surface area contributed by atoms with E-state index in [1.165, 1.54) is 14.0 Å². The maximum atomic E-state index is 13.3. The lowest BCUT2D eigenvalue weighted by atomic mass is 9.82. The van der Waals surface area contributed by atoms with Crippen molar-refractivity contribution in [2.75, 3.05) is 21.2 Å². The second kappa shape index (κ2) is 22.7. The number of nitrogens with zero attached hydrogens (tertiary/aromatic N) is 1. The summed E-state index contributed by atoms with van der Waals surface area (Å²) in [6, 6.07) is -0.786. The first kappa shape index (κ1) is 49.6. The molecule has 0 aromatic rings. The average molecular weight is 828 g/mol. The highest BCUT2D eigenvalue weighted by Gasteiger charge is 2.53. The van der Waals surface area contributed by atoms with Gasteiger partial charge in [-0.3, -0.25) is 14.4 Å². The smallest absolute Gasteiger partial charge is 0.309 e. The second-order valence-corrected chi connectivity index (χ2v) is 16.9. The number of aliphatic hydroxyl groups is 3. The Labute approximate surface area is 343 Å². The van der Waals surface area contributed by atoms with Gasteiger partial charge in [0, 0.05) is 39.7 Å². The number of cyclic esters (lactones) is 1. The van der Waals surface area contributed by atoms with Crippen LogP contribution in [0.15, 0.2) is 24.3 Å². The Hall–Kier alpha value is -2.80. The molecule has 0 amide bonds. The normalized spacial score (nSPS) is 40.7. The topological polar surface area (TPSA) is 206 Å². The van der Waals surface area contributed by atoms with E-state index in [2.05, 4.69) is 0 Å². The van der Waals surface area contributed by atoms with Crippen LogP contribution in [0.5, 0.6) is 0 Å². The van der Waals surface area contributed by atoms with Gasteiger partial charge < -0.3 is 62.9 Å². The fourth-order valence-corrected chi connectivity index (χ4v) is 8.06. The molecule has 0 bridgehead atoms. The van der Waals surface area contributed by atoms with Crippen molar-refractivity contribution in [1.29, 1.82) is 0 Å². The van der Waals surface area contributed by atoms with E-state index in [-0.39, 0.29) is 31.6 Å². The van der Waals surface area contributed by atoms with Crippen molar-refractivity contribution in [3.63, 3.8) is 0 Å². The highest BCUT2D eigenvalue weighted by atomic mass is 16.7. The van der Waals surface area contributed by atoms with E-state index in [4.69, 9.17) is 37.9 Å². The Kier molecular flexibility index (Phi) is 19.4. The number of likely N-dealkylation sites (N-methyl/N-ethyl adjacent to an activating group) is 1. The standard InChI is InChI=1S/C42H69NO15/c1-23(2)19-33(48)58-42(8)22-34(53-27(6)40(42)50)56-37-26(5)54-41(36(49)35(37)43(9)10)57-38-29(17-18-44)20-24(3)30(46)16-14-12-13-15-25(4)52-32(47)21-31(39(38)51-11)55-28(7)45/h12-14,16,18,23-27,29-31,34-41,46,49-50H,15,17,19-22H2,1-11H3/b13-12+,16-14+/t24-,25-,26-,27+,29+,30+,31-,34+,35-,36-,37-,38+,39+,40+,41+,42-/m1/s1. The molecule has 58 heavy (non-hydrogen) atoms. The van der Waals surface area contributed by atoms with Gasteiger partial charge in [0.1, 0.15) is 48.5 Å². The molecule has 3 N–H and O–H groups in total. The van der Waals surface area contributed by atoms with Crippen LogP contribution in [-0.4, -0.2) is 151 Å². The van der Waals surface area contributed by atoms with Crippen LogP contribution in [0.3, 0.4) is 0 Å². The molecular formula is C42H69NO15. The fourth-order valence-electron chi connectivity index (χ4n) is 8.06. The van der Waals surface area contributed by atoms with Crippen molar-refractivity contribution < 1.29 is 72.4 Å². The predicted molar refractivity (Wildman–Crippen MR) is 210 cm³/mol. The Morgan fingerprint density at radius 2 is 1.71 bits per heavy atom. The number of aldehydes is 1. The number of rotatable bonds is 12. The van der Waals surface area contributed by atoms with Gasteiger partial charge in [0.05, 0.1) is 36.9 Å². The summed E-state index contributed by atoms with van der Waals surface area (Å²) in [6.07, 6.45) is -4.33. The molecule has 16 atom stereocenters. The lowest BCUT2D eigenvalue weighted by Gasteiger charge is -2.50. The van der Waals surface area contributed by atoms with Gasteiger partial charge in [-0.05, 0) is 66.0 Å². The van der Waals surface area contributed by atoms with Gasteiger partial charge in [-0.25, -0.2) is 0 Å². The molecule has 16 heteroatoms. The van der Waals surface area contributed by atoms with Crippen molar-refractivity contribution in [3.05, 3.63) is 24.3 Å². The zero-order valence-electron chi connectivity index (χ0n) is 36.1. The minimum Gasteiger partial charge on any atom is -0.462 e. The SMILES string of the molecule is CO[C@@H]1[C@@H](O[C@@H]2O[C@H](C)[C@@H](O[C@H]3C[C@@](C)(OC(=O)CC(C)C)[C@@H](O)[C@H](C)O3)[C@H](N(C)C)[C@H]2O)[C@@H](CC=O)C[C@@H](C)[C@@H](O)/C=C/C=C/C[C@@H](C)OC(=O)C[C@H]1OC(C)=O. The van der Waals surface area contributed by atoms with Crippen LogP contribution in [0.4, 0.5) is 0 Å². The maximum Gasteiger partial charge on any atom is 0.309 e. The quantitative estimate of drug-likeness (QED) is 0.147. The molecule has 16 nitrogen and oxygen atoms in total. The van der Waals surface area contributed by atoms with Crippen LogP contribution in [0.2, 0.25) is 0 Å². The van der Waals surface area contributed by atoms with Crippen LogP contribution in [0.1, 0.15) is 93.9 Å². The lowest BCUT2D eigenvalue weighted by molar-refractivity contribution is -0.344. The number of aliphatic hydroxyl groups excluding tert-OH is 3. The number of allylic oxidation sites excluding steroid dienone is 2. The molecule has 0 aromatic carbocycles. The number of carbonyl (C=O) groups excluding carboxylic acids is 4. The highest BCUT2D eigenvalue weighted by molar-refractivity contribution is 5.72. The zero-order valence-corrected chi connectivity index (χ0v) is 36.1. The first-order valence-corrected chi connectivity index (χ1v) is 20.4. The summed E-state index contributed by atoms with van der Waals surface area (Å²) in [5.41, 5.74) is -1.32. The summed E-state index contributed by atoms with van der Waals surface area (Å²) in [7, 11) is 4.86.